The number of benzene rings is 3. The summed E-state index contributed by atoms with van der Waals surface area (Å²) in [5.74, 6) is -0.762. The number of carboxylic acid groups (broad SMARTS) is 2. The molecule has 1 aliphatic rings. The van der Waals surface area contributed by atoms with Crippen LogP contribution >= 0.6 is 0 Å². The van der Waals surface area contributed by atoms with Crippen LogP contribution in [-0.2, 0) is 9.59 Å². The molecule has 2 atom stereocenters. The molecular weight excluding hydrogens is 424 g/mol. The minimum absolute atomic E-state index is 0.137. The van der Waals surface area contributed by atoms with Crippen molar-refractivity contribution < 1.29 is 34.4 Å². The van der Waals surface area contributed by atoms with Crippen molar-refractivity contribution in [3.8, 4) is 17.2 Å². The minimum atomic E-state index is -1.04. The van der Waals surface area contributed by atoms with Gasteiger partial charge in [-0.25, -0.2) is 9.59 Å². The van der Waals surface area contributed by atoms with Crippen LogP contribution < -0.4 is 9.47 Å². The number of hydrogen-bond donors (Lipinski definition) is 3. The van der Waals surface area contributed by atoms with Gasteiger partial charge >= 0.3 is 11.9 Å². The van der Waals surface area contributed by atoms with Crippen molar-refractivity contribution >= 4 is 24.1 Å². The van der Waals surface area contributed by atoms with E-state index in [9.17, 15) is 14.7 Å². The van der Waals surface area contributed by atoms with E-state index >= 15 is 0 Å². The SMILES string of the molecule is O=C(O)/C=C/c1ccc(O[C@@H]2c3cc(/C=C/C(=O)O)ccc3O[C@@H]2c2ccc(O)cc2)cc1. The highest BCUT2D eigenvalue weighted by atomic mass is 16.6. The molecule has 33 heavy (non-hydrogen) atoms. The topological polar surface area (TPSA) is 113 Å². The number of phenols is 1. The lowest BCUT2D eigenvalue weighted by molar-refractivity contribution is -0.132. The Morgan fingerprint density at radius 1 is 0.818 bits per heavy atom. The Labute approximate surface area is 189 Å². The predicted molar refractivity (Wildman–Crippen MR) is 121 cm³/mol. The third-order valence-corrected chi connectivity index (χ3v) is 5.07. The number of carboxylic acids is 2. The lowest BCUT2D eigenvalue weighted by atomic mass is 9.98. The van der Waals surface area contributed by atoms with Gasteiger partial charge in [-0.15, -0.1) is 0 Å². The number of phenolic OH excluding ortho intramolecular Hbond substituents is 1. The Hall–Kier alpha value is -4.52. The van der Waals surface area contributed by atoms with Crippen LogP contribution in [0, 0.1) is 0 Å². The maximum atomic E-state index is 10.9. The van der Waals surface area contributed by atoms with E-state index in [-0.39, 0.29) is 5.75 Å². The molecule has 0 spiro atoms. The number of aliphatic carboxylic acids is 2. The quantitative estimate of drug-likeness (QED) is 0.447. The molecule has 3 aromatic rings. The normalized spacial score (nSPS) is 17.1. The second-order valence-corrected chi connectivity index (χ2v) is 7.38. The Balaban J connectivity index is 1.67. The zero-order chi connectivity index (χ0) is 23.4. The fourth-order valence-corrected chi connectivity index (χ4v) is 3.53. The van der Waals surface area contributed by atoms with Crippen molar-refractivity contribution in [3.63, 3.8) is 0 Å². The van der Waals surface area contributed by atoms with Crippen molar-refractivity contribution in [1.82, 2.24) is 0 Å². The molecule has 7 nitrogen and oxygen atoms in total. The van der Waals surface area contributed by atoms with Gasteiger partial charge in [0.15, 0.2) is 12.2 Å². The van der Waals surface area contributed by atoms with Crippen LogP contribution in [0.25, 0.3) is 12.2 Å². The molecule has 0 bridgehead atoms. The summed E-state index contributed by atoms with van der Waals surface area (Å²) in [6, 6.07) is 19.0. The number of hydrogen-bond acceptors (Lipinski definition) is 5. The molecule has 0 unspecified atom stereocenters. The summed E-state index contributed by atoms with van der Waals surface area (Å²) in [6.07, 6.45) is 4.07. The predicted octanol–water partition coefficient (Wildman–Crippen LogP) is 4.84. The number of carbonyl (C=O) groups is 2. The van der Waals surface area contributed by atoms with E-state index in [1.165, 1.54) is 12.2 Å². The monoisotopic (exact) mass is 444 g/mol. The average Bonchev–Trinajstić information content (AvgIpc) is 3.15. The molecule has 4 rings (SSSR count). The summed E-state index contributed by atoms with van der Waals surface area (Å²) in [5, 5.41) is 27.4. The molecule has 7 heteroatoms. The molecule has 0 saturated carbocycles. The second kappa shape index (κ2) is 9.32. The van der Waals surface area contributed by atoms with Gasteiger partial charge in [-0.2, -0.15) is 0 Å². The van der Waals surface area contributed by atoms with Crippen LogP contribution in [0.2, 0.25) is 0 Å². The largest absolute Gasteiger partial charge is 0.508 e. The summed E-state index contributed by atoms with van der Waals surface area (Å²) >= 11 is 0. The van der Waals surface area contributed by atoms with Gasteiger partial charge in [0.05, 0.1) is 0 Å². The van der Waals surface area contributed by atoms with Gasteiger partial charge in [-0.1, -0.05) is 30.3 Å². The van der Waals surface area contributed by atoms with Gasteiger partial charge in [0.2, 0.25) is 0 Å². The van der Waals surface area contributed by atoms with Crippen LogP contribution in [0.5, 0.6) is 17.2 Å². The third kappa shape index (κ3) is 5.22. The first-order chi connectivity index (χ1) is 15.9. The number of fused-ring (bicyclic) bond motifs is 1. The van der Waals surface area contributed by atoms with Gasteiger partial charge in [0, 0.05) is 17.7 Å². The van der Waals surface area contributed by atoms with Crippen LogP contribution in [0.1, 0.15) is 34.5 Å². The number of ether oxygens (including phenoxy) is 2. The van der Waals surface area contributed by atoms with E-state index in [2.05, 4.69) is 0 Å². The van der Waals surface area contributed by atoms with Crippen molar-refractivity contribution in [1.29, 1.82) is 0 Å². The third-order valence-electron chi connectivity index (χ3n) is 5.07. The van der Waals surface area contributed by atoms with Crippen LogP contribution in [0.4, 0.5) is 0 Å². The first-order valence-electron chi connectivity index (χ1n) is 10.1. The lowest BCUT2D eigenvalue weighted by Crippen LogP contribution is -2.15. The molecule has 0 aliphatic carbocycles. The summed E-state index contributed by atoms with van der Waals surface area (Å²) in [7, 11) is 0. The molecule has 3 aromatic carbocycles. The van der Waals surface area contributed by atoms with E-state index in [4.69, 9.17) is 19.7 Å². The highest BCUT2D eigenvalue weighted by molar-refractivity contribution is 5.85. The molecule has 1 heterocycles. The van der Waals surface area contributed by atoms with Crippen molar-refractivity contribution in [2.75, 3.05) is 0 Å². The smallest absolute Gasteiger partial charge is 0.328 e. The van der Waals surface area contributed by atoms with Crippen molar-refractivity contribution in [2.24, 2.45) is 0 Å². The van der Waals surface area contributed by atoms with Gasteiger partial charge in [0.25, 0.3) is 0 Å². The first kappa shape index (κ1) is 21.7. The lowest BCUT2D eigenvalue weighted by Gasteiger charge is -2.21. The Bertz CT molecular complexity index is 1220. The maximum absolute atomic E-state index is 10.9. The van der Waals surface area contributed by atoms with Crippen LogP contribution in [-0.4, -0.2) is 27.3 Å². The fraction of sp³-hybridized carbons (Fsp3) is 0.0769. The first-order valence-corrected chi connectivity index (χ1v) is 10.1. The molecule has 1 aliphatic heterocycles. The molecule has 3 N–H and O–H groups in total. The Kier molecular flexibility index (Phi) is 6.13. The molecule has 166 valence electrons. The van der Waals surface area contributed by atoms with Gasteiger partial charge in [0.1, 0.15) is 17.2 Å². The van der Waals surface area contributed by atoms with Gasteiger partial charge in [-0.05, 0) is 65.2 Å². The van der Waals surface area contributed by atoms with Gasteiger partial charge < -0.3 is 24.8 Å². The van der Waals surface area contributed by atoms with Crippen molar-refractivity contribution in [3.05, 3.63) is 101 Å². The highest BCUT2D eigenvalue weighted by Crippen LogP contribution is 2.47. The minimum Gasteiger partial charge on any atom is -0.508 e. The van der Waals surface area contributed by atoms with Crippen LogP contribution in [0.15, 0.2) is 78.9 Å². The second-order valence-electron chi connectivity index (χ2n) is 7.38. The van der Waals surface area contributed by atoms with E-state index < -0.39 is 24.1 Å². The summed E-state index contributed by atoms with van der Waals surface area (Å²) in [6.45, 7) is 0. The van der Waals surface area contributed by atoms with E-state index in [0.717, 1.165) is 23.3 Å². The van der Waals surface area contributed by atoms with E-state index in [0.29, 0.717) is 22.6 Å². The molecule has 0 amide bonds. The zero-order valence-electron chi connectivity index (χ0n) is 17.3. The van der Waals surface area contributed by atoms with Crippen LogP contribution in [0.3, 0.4) is 0 Å². The number of rotatable bonds is 7. The molecular formula is C26H20O7. The fourth-order valence-electron chi connectivity index (χ4n) is 3.53. The summed E-state index contributed by atoms with van der Waals surface area (Å²) in [5.41, 5.74) is 2.96. The molecule has 0 fully saturated rings. The Morgan fingerprint density at radius 2 is 1.42 bits per heavy atom. The van der Waals surface area contributed by atoms with Crippen molar-refractivity contribution in [2.45, 2.75) is 12.2 Å². The van der Waals surface area contributed by atoms with E-state index in [1.54, 1.807) is 60.7 Å². The standard InChI is InChI=1S/C26H20O7/c27-19-8-6-18(7-9-19)25-26(32-20-10-1-16(2-11-20)4-13-23(28)29)21-15-17(5-14-24(30)31)3-12-22(21)33-25/h1-15,25-27H,(H,28,29)(H,30,31)/b13-4+,14-5+/t25-,26-/m1/s1. The molecule has 0 saturated heterocycles. The molecule has 0 aromatic heterocycles. The average molecular weight is 444 g/mol. The summed E-state index contributed by atoms with van der Waals surface area (Å²) < 4.78 is 12.5. The maximum Gasteiger partial charge on any atom is 0.328 e. The van der Waals surface area contributed by atoms with Gasteiger partial charge in [-0.3, -0.25) is 0 Å². The highest BCUT2D eigenvalue weighted by Gasteiger charge is 2.37. The number of aromatic hydroxyl groups is 1. The zero-order valence-corrected chi connectivity index (χ0v) is 17.3. The molecule has 0 radical (unpaired) electrons. The summed E-state index contributed by atoms with van der Waals surface area (Å²) in [4.78, 5) is 21.6. The Morgan fingerprint density at radius 3 is 2.06 bits per heavy atom. The van der Waals surface area contributed by atoms with E-state index in [1.807, 2.05) is 6.07 Å².